The maximum absolute atomic E-state index is 11.9. The summed E-state index contributed by atoms with van der Waals surface area (Å²) >= 11 is 0. The van der Waals surface area contributed by atoms with Crippen LogP contribution in [0.25, 0.3) is 0 Å². The zero-order valence-electron chi connectivity index (χ0n) is 11.3. The number of carbonyl (C=O) groups is 1. The summed E-state index contributed by atoms with van der Waals surface area (Å²) in [4.78, 5) is 11.9. The maximum atomic E-state index is 11.9. The van der Waals surface area contributed by atoms with Crippen molar-refractivity contribution in [2.45, 2.75) is 19.4 Å². The summed E-state index contributed by atoms with van der Waals surface area (Å²) in [5.74, 6) is 0.999. The molecule has 5 heteroatoms. The van der Waals surface area contributed by atoms with Crippen molar-refractivity contribution in [3.05, 3.63) is 24.3 Å². The number of para-hydroxylation sites is 2. The number of amides is 1. The molecule has 2 N–H and O–H groups in total. The lowest BCUT2D eigenvalue weighted by Crippen LogP contribution is -2.42. The van der Waals surface area contributed by atoms with Crippen molar-refractivity contribution in [3.8, 4) is 5.75 Å². The number of carbonyl (C=O) groups excluding carboxylic acids is 1. The molecule has 104 valence electrons. The first-order valence-corrected chi connectivity index (χ1v) is 6.52. The maximum Gasteiger partial charge on any atom is 0.412 e. The molecule has 2 atom stereocenters. The van der Waals surface area contributed by atoms with E-state index >= 15 is 0 Å². The normalized spacial score (nSPS) is 22.6. The Morgan fingerprint density at radius 2 is 2.21 bits per heavy atom. The van der Waals surface area contributed by atoms with E-state index in [9.17, 15) is 4.79 Å². The number of ether oxygens (including phenoxy) is 2. The topological polar surface area (TPSA) is 59.6 Å². The van der Waals surface area contributed by atoms with Gasteiger partial charge in [0.1, 0.15) is 11.9 Å². The highest BCUT2D eigenvalue weighted by Crippen LogP contribution is 2.23. The van der Waals surface area contributed by atoms with Crippen molar-refractivity contribution < 1.29 is 14.3 Å². The molecule has 2 unspecified atom stereocenters. The van der Waals surface area contributed by atoms with Crippen LogP contribution in [0.15, 0.2) is 24.3 Å². The summed E-state index contributed by atoms with van der Waals surface area (Å²) < 4.78 is 10.6. The van der Waals surface area contributed by atoms with Crippen LogP contribution < -0.4 is 15.4 Å². The second-order valence-corrected chi connectivity index (χ2v) is 4.74. The Bertz CT molecular complexity index is 436. The van der Waals surface area contributed by atoms with Gasteiger partial charge in [0.25, 0.3) is 0 Å². The Morgan fingerprint density at radius 3 is 2.95 bits per heavy atom. The number of piperidine rings is 1. The second-order valence-electron chi connectivity index (χ2n) is 4.74. The van der Waals surface area contributed by atoms with Crippen LogP contribution in [0.5, 0.6) is 5.75 Å². The Kier molecular flexibility index (Phi) is 4.63. The summed E-state index contributed by atoms with van der Waals surface area (Å²) in [5, 5.41) is 5.94. The molecular weight excluding hydrogens is 244 g/mol. The van der Waals surface area contributed by atoms with Crippen molar-refractivity contribution in [1.82, 2.24) is 5.32 Å². The van der Waals surface area contributed by atoms with Gasteiger partial charge in [-0.1, -0.05) is 19.1 Å². The Hall–Kier alpha value is -1.75. The monoisotopic (exact) mass is 264 g/mol. The van der Waals surface area contributed by atoms with Gasteiger partial charge in [-0.3, -0.25) is 5.32 Å². The molecule has 0 aliphatic carbocycles. The molecular formula is C14H20N2O3. The van der Waals surface area contributed by atoms with Crippen LogP contribution in [-0.2, 0) is 4.74 Å². The average molecular weight is 264 g/mol. The minimum atomic E-state index is -0.440. The van der Waals surface area contributed by atoms with E-state index in [1.807, 2.05) is 12.1 Å². The van der Waals surface area contributed by atoms with Gasteiger partial charge >= 0.3 is 6.09 Å². The van der Waals surface area contributed by atoms with Crippen LogP contribution >= 0.6 is 0 Å². The summed E-state index contributed by atoms with van der Waals surface area (Å²) in [6.45, 7) is 3.79. The lowest BCUT2D eigenvalue weighted by atomic mass is 9.97. The molecule has 1 saturated heterocycles. The Labute approximate surface area is 113 Å². The molecule has 1 aromatic rings. The number of benzene rings is 1. The molecule has 0 saturated carbocycles. The first kappa shape index (κ1) is 13.7. The van der Waals surface area contributed by atoms with Crippen molar-refractivity contribution in [3.63, 3.8) is 0 Å². The fraction of sp³-hybridized carbons (Fsp3) is 0.500. The molecule has 19 heavy (non-hydrogen) atoms. The van der Waals surface area contributed by atoms with E-state index in [0.717, 1.165) is 13.0 Å². The number of hydrogen-bond acceptors (Lipinski definition) is 4. The van der Waals surface area contributed by atoms with Gasteiger partial charge in [-0.05, 0) is 31.0 Å². The van der Waals surface area contributed by atoms with Gasteiger partial charge < -0.3 is 14.8 Å². The molecule has 1 aromatic carbocycles. The van der Waals surface area contributed by atoms with Crippen molar-refractivity contribution >= 4 is 11.8 Å². The van der Waals surface area contributed by atoms with E-state index in [4.69, 9.17) is 9.47 Å². The molecule has 0 bridgehead atoms. The van der Waals surface area contributed by atoms with Gasteiger partial charge in [0.15, 0.2) is 0 Å². The molecule has 5 nitrogen and oxygen atoms in total. The third kappa shape index (κ3) is 3.61. The Morgan fingerprint density at radius 1 is 1.42 bits per heavy atom. The van der Waals surface area contributed by atoms with E-state index in [0.29, 0.717) is 23.9 Å². The SMILES string of the molecule is COc1ccccc1NC(=O)OC1CNCCC1C. The van der Waals surface area contributed by atoms with E-state index < -0.39 is 6.09 Å². The standard InChI is InChI=1S/C14H20N2O3/c1-10-7-8-15-9-13(10)19-14(17)16-11-5-3-4-6-12(11)18-2/h3-6,10,13,15H,7-9H2,1-2H3,(H,16,17). The number of rotatable bonds is 3. The van der Waals surface area contributed by atoms with Crippen molar-refractivity contribution in [2.24, 2.45) is 5.92 Å². The van der Waals surface area contributed by atoms with Gasteiger partial charge in [0.2, 0.25) is 0 Å². The fourth-order valence-corrected chi connectivity index (χ4v) is 2.14. The quantitative estimate of drug-likeness (QED) is 0.879. The molecule has 0 aromatic heterocycles. The third-order valence-electron chi connectivity index (χ3n) is 3.36. The lowest BCUT2D eigenvalue weighted by molar-refractivity contribution is 0.0613. The number of nitrogens with one attached hydrogen (secondary N) is 2. The van der Waals surface area contributed by atoms with Gasteiger partial charge in [0.05, 0.1) is 12.8 Å². The number of hydrogen-bond donors (Lipinski definition) is 2. The second kappa shape index (κ2) is 6.43. The molecule has 1 heterocycles. The van der Waals surface area contributed by atoms with Crippen LogP contribution in [-0.4, -0.2) is 32.4 Å². The first-order valence-electron chi connectivity index (χ1n) is 6.52. The molecule has 0 radical (unpaired) electrons. The summed E-state index contributed by atoms with van der Waals surface area (Å²) in [5.41, 5.74) is 0.617. The van der Waals surface area contributed by atoms with Crippen molar-refractivity contribution in [2.75, 3.05) is 25.5 Å². The lowest BCUT2D eigenvalue weighted by Gasteiger charge is -2.29. The van der Waals surface area contributed by atoms with Gasteiger partial charge in [-0.25, -0.2) is 4.79 Å². The van der Waals surface area contributed by atoms with Crippen LogP contribution in [0, 0.1) is 5.92 Å². The fourth-order valence-electron chi connectivity index (χ4n) is 2.14. The largest absolute Gasteiger partial charge is 0.495 e. The molecule has 1 amide bonds. The zero-order valence-corrected chi connectivity index (χ0v) is 11.3. The molecule has 0 spiro atoms. The van der Waals surface area contributed by atoms with Crippen LogP contribution in [0.2, 0.25) is 0 Å². The minimum absolute atomic E-state index is 0.0801. The van der Waals surface area contributed by atoms with Crippen LogP contribution in [0.3, 0.4) is 0 Å². The van der Waals surface area contributed by atoms with Crippen molar-refractivity contribution in [1.29, 1.82) is 0 Å². The molecule has 1 aliphatic rings. The smallest absolute Gasteiger partial charge is 0.412 e. The minimum Gasteiger partial charge on any atom is -0.495 e. The van der Waals surface area contributed by atoms with E-state index in [2.05, 4.69) is 17.6 Å². The zero-order chi connectivity index (χ0) is 13.7. The van der Waals surface area contributed by atoms with E-state index in [1.54, 1.807) is 19.2 Å². The molecule has 1 fully saturated rings. The van der Waals surface area contributed by atoms with Gasteiger partial charge in [-0.2, -0.15) is 0 Å². The van der Waals surface area contributed by atoms with Gasteiger partial charge in [-0.15, -0.1) is 0 Å². The first-order chi connectivity index (χ1) is 9.20. The highest BCUT2D eigenvalue weighted by Gasteiger charge is 2.24. The summed E-state index contributed by atoms with van der Waals surface area (Å²) in [6.07, 6.45) is 0.501. The summed E-state index contributed by atoms with van der Waals surface area (Å²) in [6, 6.07) is 7.26. The predicted molar refractivity (Wildman–Crippen MR) is 73.5 cm³/mol. The van der Waals surface area contributed by atoms with Crippen LogP contribution in [0.1, 0.15) is 13.3 Å². The molecule has 2 rings (SSSR count). The molecule has 1 aliphatic heterocycles. The highest BCUT2D eigenvalue weighted by molar-refractivity contribution is 5.86. The predicted octanol–water partition coefficient (Wildman–Crippen LogP) is 2.24. The number of anilines is 1. The highest BCUT2D eigenvalue weighted by atomic mass is 16.6. The van der Waals surface area contributed by atoms with E-state index in [1.165, 1.54) is 0 Å². The number of methoxy groups -OCH3 is 1. The summed E-state index contributed by atoms with van der Waals surface area (Å²) in [7, 11) is 1.57. The third-order valence-corrected chi connectivity index (χ3v) is 3.36. The van der Waals surface area contributed by atoms with Gasteiger partial charge in [0, 0.05) is 6.54 Å². The van der Waals surface area contributed by atoms with E-state index in [-0.39, 0.29) is 6.10 Å². The van der Waals surface area contributed by atoms with Crippen LogP contribution in [0.4, 0.5) is 10.5 Å². The average Bonchev–Trinajstić information content (AvgIpc) is 2.42. The Balaban J connectivity index is 1.93.